The molecule has 4 N–H and O–H groups in total. The Morgan fingerprint density at radius 1 is 1.02 bits per heavy atom. The Labute approximate surface area is 314 Å². The van der Waals surface area contributed by atoms with Gasteiger partial charge in [-0.2, -0.15) is 0 Å². The number of phenolic OH excluding ortho intramolecular Hbond substituents is 1. The van der Waals surface area contributed by atoms with E-state index in [2.05, 4.69) is 46.6 Å². The molecule has 0 amide bonds. The van der Waals surface area contributed by atoms with Crippen LogP contribution in [-0.2, 0) is 35.4 Å². The van der Waals surface area contributed by atoms with E-state index in [-0.39, 0.29) is 23.1 Å². The predicted octanol–water partition coefficient (Wildman–Crippen LogP) is 9.04. The molecule has 6 bridgehead atoms. The summed E-state index contributed by atoms with van der Waals surface area (Å²) in [6, 6.07) is 24.0. The lowest BCUT2D eigenvalue weighted by Gasteiger charge is -2.32. The van der Waals surface area contributed by atoms with Crippen LogP contribution in [0.15, 0.2) is 77.8 Å². The Morgan fingerprint density at radius 3 is 2.70 bits per heavy atom. The SMILES string of the molecule is CN=C(N)Nc1cccc(CCCCCC2(CC3CC(=O)CCc4ccc(OC)c(c4)OCc4ccc5c(c(O)ccc5c4)CC#CO3)CCCC2)c1. The molecule has 1 aliphatic carbocycles. The number of ketones is 1. The number of carbonyl (C=O) groups is 1. The highest BCUT2D eigenvalue weighted by atomic mass is 16.5. The topological polar surface area (TPSA) is 115 Å². The van der Waals surface area contributed by atoms with Crippen LogP contribution in [0.2, 0.25) is 0 Å². The lowest BCUT2D eigenvalue weighted by molar-refractivity contribution is -0.121. The highest BCUT2D eigenvalue weighted by Gasteiger charge is 2.36. The summed E-state index contributed by atoms with van der Waals surface area (Å²) in [5, 5.41) is 15.9. The molecule has 8 nitrogen and oxygen atoms in total. The Kier molecular flexibility index (Phi) is 12.8. The van der Waals surface area contributed by atoms with Crippen molar-refractivity contribution in [3.05, 3.63) is 95.1 Å². The van der Waals surface area contributed by atoms with Crippen molar-refractivity contribution in [2.75, 3.05) is 19.5 Å². The number of nitrogens with one attached hydrogen (secondary N) is 1. The summed E-state index contributed by atoms with van der Waals surface area (Å²) >= 11 is 0. The van der Waals surface area contributed by atoms with Gasteiger partial charge in [-0.1, -0.05) is 68.0 Å². The molecule has 4 aromatic rings. The quantitative estimate of drug-likeness (QED) is 0.0650. The van der Waals surface area contributed by atoms with Crippen molar-refractivity contribution in [2.24, 2.45) is 16.1 Å². The van der Waals surface area contributed by atoms with E-state index < -0.39 is 0 Å². The molecule has 0 aromatic heterocycles. The number of carbonyl (C=O) groups excluding carboxylic acids is 1. The van der Waals surface area contributed by atoms with Gasteiger partial charge < -0.3 is 30.4 Å². The highest BCUT2D eigenvalue weighted by Crippen LogP contribution is 2.47. The number of hydrogen-bond donors (Lipinski definition) is 3. The number of aryl methyl sites for hydroxylation is 2. The zero-order chi connectivity index (χ0) is 37.0. The number of methoxy groups -OCH3 is 1. The second kappa shape index (κ2) is 18.1. The first kappa shape index (κ1) is 37.6. The van der Waals surface area contributed by atoms with Gasteiger partial charge in [-0.15, -0.1) is 0 Å². The number of phenols is 1. The van der Waals surface area contributed by atoms with Crippen molar-refractivity contribution in [2.45, 2.75) is 103 Å². The van der Waals surface area contributed by atoms with Crippen molar-refractivity contribution in [3.8, 4) is 29.3 Å². The van der Waals surface area contributed by atoms with Crippen LogP contribution < -0.4 is 20.5 Å². The standard InChI is InChI=1S/C45H53N3O5/c1-47-44(46)48-36-12-8-11-32(27-36)10-4-3-5-22-45(23-6-7-24-45)30-38-29-37(49)18-14-33-16-21-42(51-2)43(28-33)53-31-34-15-19-39-35(26-34)17-20-41(50)40(39)13-9-25-52-38/h8,11-12,15-17,19-21,26-28,38,50H,3-7,10,13-14,18,22-24,29-31H2,1-2H3,(H3,46,47,48). The number of guanidine groups is 1. The van der Waals surface area contributed by atoms with Crippen LogP contribution in [0, 0.1) is 17.4 Å². The summed E-state index contributed by atoms with van der Waals surface area (Å²) in [6.45, 7) is 0.360. The smallest absolute Gasteiger partial charge is 0.192 e. The normalized spacial score (nSPS) is 17.6. The molecule has 53 heavy (non-hydrogen) atoms. The molecule has 2 heterocycles. The summed E-state index contributed by atoms with van der Waals surface area (Å²) in [5.74, 6) is 5.27. The van der Waals surface area contributed by atoms with Crippen molar-refractivity contribution in [3.63, 3.8) is 0 Å². The summed E-state index contributed by atoms with van der Waals surface area (Å²) < 4.78 is 18.2. The minimum absolute atomic E-state index is 0.149. The first-order valence-electron chi connectivity index (χ1n) is 19.1. The molecule has 1 saturated carbocycles. The lowest BCUT2D eigenvalue weighted by atomic mass is 9.75. The van der Waals surface area contributed by atoms with E-state index in [9.17, 15) is 9.90 Å². The second-order valence-electron chi connectivity index (χ2n) is 14.7. The number of nitrogens with two attached hydrogens (primary N) is 1. The van der Waals surface area contributed by atoms with Gasteiger partial charge in [0.25, 0.3) is 0 Å². The van der Waals surface area contributed by atoms with E-state index in [4.69, 9.17) is 19.9 Å². The molecule has 1 unspecified atom stereocenters. The maximum atomic E-state index is 13.6. The van der Waals surface area contributed by atoms with Gasteiger partial charge >= 0.3 is 0 Å². The molecule has 1 atom stereocenters. The number of anilines is 1. The fourth-order valence-corrected chi connectivity index (χ4v) is 8.08. The van der Waals surface area contributed by atoms with Gasteiger partial charge in [0.05, 0.1) is 7.11 Å². The number of ether oxygens (including phenoxy) is 3. The van der Waals surface area contributed by atoms with Crippen LogP contribution in [0.4, 0.5) is 5.69 Å². The van der Waals surface area contributed by atoms with E-state index in [0.717, 1.165) is 84.5 Å². The third kappa shape index (κ3) is 10.3. The molecule has 278 valence electrons. The first-order chi connectivity index (χ1) is 25.8. The molecule has 3 aliphatic rings. The monoisotopic (exact) mass is 715 g/mol. The molecular formula is C45H53N3O5. The van der Waals surface area contributed by atoms with Crippen LogP contribution in [0.3, 0.4) is 0 Å². The van der Waals surface area contributed by atoms with Gasteiger partial charge in [0, 0.05) is 37.6 Å². The summed E-state index contributed by atoms with van der Waals surface area (Å²) in [7, 11) is 3.31. The van der Waals surface area contributed by atoms with Gasteiger partial charge in [-0.05, 0) is 114 Å². The fourth-order valence-electron chi connectivity index (χ4n) is 8.08. The van der Waals surface area contributed by atoms with Gasteiger partial charge in [0.15, 0.2) is 17.5 Å². The van der Waals surface area contributed by atoms with Crippen molar-refractivity contribution < 1.29 is 24.1 Å². The largest absolute Gasteiger partial charge is 0.508 e. The zero-order valence-electron chi connectivity index (χ0n) is 31.2. The number of fused-ring (bicyclic) bond motifs is 9. The van der Waals surface area contributed by atoms with E-state index >= 15 is 0 Å². The maximum Gasteiger partial charge on any atom is 0.192 e. The lowest BCUT2D eigenvalue weighted by Crippen LogP contribution is -2.27. The minimum atomic E-state index is -0.289. The average Bonchev–Trinajstić information content (AvgIpc) is 3.63. The molecule has 2 aliphatic heterocycles. The number of hydrogen-bond acceptors (Lipinski definition) is 6. The van der Waals surface area contributed by atoms with Crippen molar-refractivity contribution in [1.29, 1.82) is 0 Å². The number of nitrogens with zero attached hydrogens (tertiary/aromatic N) is 1. The van der Waals surface area contributed by atoms with E-state index in [0.29, 0.717) is 49.7 Å². The van der Waals surface area contributed by atoms with Crippen molar-refractivity contribution in [1.82, 2.24) is 0 Å². The molecule has 0 radical (unpaired) electrons. The van der Waals surface area contributed by atoms with Gasteiger partial charge in [0.1, 0.15) is 30.4 Å². The maximum absolute atomic E-state index is 13.6. The summed E-state index contributed by atoms with van der Waals surface area (Å²) in [6.07, 6.45) is 15.5. The summed E-state index contributed by atoms with van der Waals surface area (Å²) in [4.78, 5) is 17.6. The van der Waals surface area contributed by atoms with Gasteiger partial charge in [-0.25, -0.2) is 0 Å². The Balaban J connectivity index is 1.16. The first-order valence-corrected chi connectivity index (χ1v) is 19.1. The van der Waals surface area contributed by atoms with Crippen LogP contribution in [-0.4, -0.2) is 37.1 Å². The van der Waals surface area contributed by atoms with E-state index in [1.807, 2.05) is 42.5 Å². The fraction of sp³-hybridized carbons (Fsp3) is 0.422. The predicted molar refractivity (Wildman–Crippen MR) is 213 cm³/mol. The van der Waals surface area contributed by atoms with Gasteiger partial charge in [-0.3, -0.25) is 9.79 Å². The molecule has 0 saturated heterocycles. The number of unbranched alkanes of at least 4 members (excludes halogenated alkanes) is 2. The van der Waals surface area contributed by atoms with E-state index in [1.165, 1.54) is 18.4 Å². The summed E-state index contributed by atoms with van der Waals surface area (Å²) in [5.41, 5.74) is 11.0. The highest BCUT2D eigenvalue weighted by molar-refractivity contribution is 5.92. The second-order valence-corrected chi connectivity index (χ2v) is 14.7. The third-order valence-corrected chi connectivity index (χ3v) is 10.9. The number of aliphatic imine (C=N–C) groups is 1. The van der Waals surface area contributed by atoms with Crippen LogP contribution >= 0.6 is 0 Å². The minimum Gasteiger partial charge on any atom is -0.508 e. The number of rotatable bonds is 10. The van der Waals surface area contributed by atoms with Crippen LogP contribution in [0.5, 0.6) is 17.2 Å². The number of Topliss-reactive ketones (excluding diaryl/α,β-unsaturated/α-hetero) is 1. The third-order valence-electron chi connectivity index (χ3n) is 10.9. The molecule has 7 rings (SSSR count). The molecule has 4 aromatic carbocycles. The molecule has 1 fully saturated rings. The Morgan fingerprint density at radius 2 is 1.87 bits per heavy atom. The zero-order valence-corrected chi connectivity index (χ0v) is 31.2. The molecule has 0 spiro atoms. The average molecular weight is 716 g/mol. The van der Waals surface area contributed by atoms with Gasteiger partial charge in [0.2, 0.25) is 0 Å². The van der Waals surface area contributed by atoms with Crippen LogP contribution in [0.25, 0.3) is 10.8 Å². The van der Waals surface area contributed by atoms with Crippen molar-refractivity contribution >= 4 is 28.2 Å². The number of benzene rings is 4. The number of aromatic hydroxyl groups is 1. The van der Waals surface area contributed by atoms with E-state index in [1.54, 1.807) is 20.2 Å². The van der Waals surface area contributed by atoms with Crippen LogP contribution in [0.1, 0.15) is 92.9 Å². The molecule has 8 heteroatoms. The Hall–Kier alpha value is -5.16. The molecular weight excluding hydrogens is 663 g/mol. The Bertz CT molecular complexity index is 1970.